The van der Waals surface area contributed by atoms with Gasteiger partial charge in [-0.3, -0.25) is 0 Å². The highest BCUT2D eigenvalue weighted by atomic mass is 16.5. The van der Waals surface area contributed by atoms with Crippen molar-refractivity contribution in [1.82, 2.24) is 5.32 Å². The highest BCUT2D eigenvalue weighted by Crippen LogP contribution is 2.34. The van der Waals surface area contributed by atoms with Gasteiger partial charge in [0.1, 0.15) is 23.9 Å². The van der Waals surface area contributed by atoms with Crippen LogP contribution in [0, 0.1) is 0 Å². The molecule has 0 saturated carbocycles. The van der Waals surface area contributed by atoms with Gasteiger partial charge in [-0.2, -0.15) is 0 Å². The van der Waals surface area contributed by atoms with Gasteiger partial charge in [-0.05, 0) is 75.8 Å². The van der Waals surface area contributed by atoms with Gasteiger partial charge in [0.25, 0.3) is 0 Å². The molecule has 0 heterocycles. The number of hydrogen-bond acceptors (Lipinski definition) is 4. The minimum Gasteiger partial charge on any atom is -0.508 e. The molecule has 0 atom stereocenters. The summed E-state index contributed by atoms with van der Waals surface area (Å²) >= 11 is 0. The van der Waals surface area contributed by atoms with Crippen molar-refractivity contribution in [3.05, 3.63) is 90.0 Å². The number of phenolic OH excluding ortho intramolecular Hbond substituents is 2. The second-order valence-corrected chi connectivity index (χ2v) is 8.32. The molecular formula is C28H29NO3. The topological polar surface area (TPSA) is 61.7 Å². The number of aromatic hydroxyl groups is 2. The summed E-state index contributed by atoms with van der Waals surface area (Å²) in [5, 5.41) is 25.1. The Balaban J connectivity index is 1.62. The van der Waals surface area contributed by atoms with Crippen LogP contribution < -0.4 is 10.1 Å². The molecule has 164 valence electrons. The smallest absolute Gasteiger partial charge is 0.119 e. The van der Waals surface area contributed by atoms with Crippen molar-refractivity contribution in [2.45, 2.75) is 26.3 Å². The van der Waals surface area contributed by atoms with Crippen molar-refractivity contribution in [2.75, 3.05) is 13.2 Å². The number of rotatable bonds is 8. The lowest BCUT2D eigenvalue weighted by atomic mass is 9.90. The molecule has 0 saturated heterocycles. The third-order valence-electron chi connectivity index (χ3n) is 5.52. The monoisotopic (exact) mass is 427 g/mol. The van der Waals surface area contributed by atoms with E-state index in [0.29, 0.717) is 12.6 Å². The average molecular weight is 428 g/mol. The zero-order valence-corrected chi connectivity index (χ0v) is 18.5. The number of ether oxygens (including phenoxy) is 1. The first kappa shape index (κ1) is 21.7. The maximum absolute atomic E-state index is 9.93. The fourth-order valence-corrected chi connectivity index (χ4v) is 3.91. The predicted molar refractivity (Wildman–Crippen MR) is 131 cm³/mol. The summed E-state index contributed by atoms with van der Waals surface area (Å²) in [6.07, 6.45) is 0.744. The summed E-state index contributed by atoms with van der Waals surface area (Å²) in [6, 6.07) is 25.6. The fourth-order valence-electron chi connectivity index (χ4n) is 3.91. The molecule has 3 N–H and O–H groups in total. The van der Waals surface area contributed by atoms with E-state index in [2.05, 4.69) is 37.4 Å². The Morgan fingerprint density at radius 3 is 2.25 bits per heavy atom. The number of nitrogens with one attached hydrogen (secondary N) is 1. The molecule has 0 unspecified atom stereocenters. The van der Waals surface area contributed by atoms with Gasteiger partial charge in [0, 0.05) is 12.6 Å². The summed E-state index contributed by atoms with van der Waals surface area (Å²) in [5.41, 5.74) is 4.52. The van der Waals surface area contributed by atoms with Crippen LogP contribution in [0.25, 0.3) is 21.9 Å². The SMILES string of the molecule is CC(C)NCCOc1ccc(Cc2c(-c3ccc(O)cc3)ccc3cc(O)ccc23)cc1. The summed E-state index contributed by atoms with van der Waals surface area (Å²) < 4.78 is 5.84. The van der Waals surface area contributed by atoms with Crippen molar-refractivity contribution < 1.29 is 14.9 Å². The van der Waals surface area contributed by atoms with Crippen molar-refractivity contribution >= 4 is 10.8 Å². The van der Waals surface area contributed by atoms with Crippen LogP contribution in [0.3, 0.4) is 0 Å². The second-order valence-electron chi connectivity index (χ2n) is 8.32. The molecule has 0 amide bonds. The molecular weight excluding hydrogens is 398 g/mol. The van der Waals surface area contributed by atoms with Crippen LogP contribution in [0.1, 0.15) is 25.0 Å². The summed E-state index contributed by atoms with van der Waals surface area (Å²) in [6.45, 7) is 5.69. The normalized spacial score (nSPS) is 11.2. The molecule has 4 heteroatoms. The third kappa shape index (κ3) is 5.21. The Kier molecular flexibility index (Phi) is 6.62. The van der Waals surface area contributed by atoms with Gasteiger partial charge >= 0.3 is 0 Å². The minimum absolute atomic E-state index is 0.250. The highest BCUT2D eigenvalue weighted by Gasteiger charge is 2.12. The fraction of sp³-hybridized carbons (Fsp3) is 0.214. The van der Waals surface area contributed by atoms with E-state index in [1.165, 1.54) is 11.1 Å². The van der Waals surface area contributed by atoms with E-state index in [1.807, 2.05) is 36.4 Å². The zero-order chi connectivity index (χ0) is 22.5. The molecule has 32 heavy (non-hydrogen) atoms. The lowest BCUT2D eigenvalue weighted by Gasteiger charge is -2.15. The maximum atomic E-state index is 9.93. The molecule has 0 bridgehead atoms. The summed E-state index contributed by atoms with van der Waals surface area (Å²) in [4.78, 5) is 0. The molecule has 0 radical (unpaired) electrons. The van der Waals surface area contributed by atoms with Crippen molar-refractivity contribution in [3.8, 4) is 28.4 Å². The second kappa shape index (κ2) is 9.75. The van der Waals surface area contributed by atoms with E-state index in [-0.39, 0.29) is 11.5 Å². The first-order chi connectivity index (χ1) is 15.5. The van der Waals surface area contributed by atoms with Gasteiger partial charge in [-0.25, -0.2) is 0 Å². The van der Waals surface area contributed by atoms with Crippen LogP contribution in [0.2, 0.25) is 0 Å². The molecule has 4 nitrogen and oxygen atoms in total. The van der Waals surface area contributed by atoms with Gasteiger partial charge in [-0.1, -0.05) is 56.3 Å². The maximum Gasteiger partial charge on any atom is 0.119 e. The lowest BCUT2D eigenvalue weighted by Crippen LogP contribution is -2.27. The minimum atomic E-state index is 0.250. The van der Waals surface area contributed by atoms with E-state index >= 15 is 0 Å². The number of benzene rings is 4. The number of phenols is 2. The molecule has 0 aliphatic heterocycles. The van der Waals surface area contributed by atoms with Gasteiger partial charge in [0.05, 0.1) is 0 Å². The van der Waals surface area contributed by atoms with Crippen LogP contribution in [-0.2, 0) is 6.42 Å². The van der Waals surface area contributed by atoms with Crippen molar-refractivity contribution in [2.24, 2.45) is 0 Å². The molecule has 0 aliphatic carbocycles. The van der Waals surface area contributed by atoms with Crippen LogP contribution in [-0.4, -0.2) is 29.4 Å². The third-order valence-corrected chi connectivity index (χ3v) is 5.52. The van der Waals surface area contributed by atoms with Gasteiger partial charge in [0.15, 0.2) is 0 Å². The predicted octanol–water partition coefficient (Wildman–Crippen LogP) is 5.89. The van der Waals surface area contributed by atoms with E-state index in [4.69, 9.17) is 4.74 Å². The Hall–Kier alpha value is -3.50. The van der Waals surface area contributed by atoms with E-state index < -0.39 is 0 Å². The van der Waals surface area contributed by atoms with E-state index in [9.17, 15) is 10.2 Å². The first-order valence-corrected chi connectivity index (χ1v) is 11.0. The van der Waals surface area contributed by atoms with Gasteiger partial charge < -0.3 is 20.3 Å². The van der Waals surface area contributed by atoms with E-state index in [0.717, 1.165) is 40.6 Å². The number of fused-ring (bicyclic) bond motifs is 1. The Bertz CT molecular complexity index is 1180. The first-order valence-electron chi connectivity index (χ1n) is 11.0. The quantitative estimate of drug-likeness (QED) is 0.307. The standard InChI is InChI=1S/C28H29NO3/c1-19(2)29-15-16-32-25-11-3-20(4-12-25)17-28-26(21-5-8-23(30)9-6-21)13-7-22-18-24(31)10-14-27(22)28/h3-14,18-19,29-31H,15-17H2,1-2H3. The molecule has 0 fully saturated rings. The number of hydrogen-bond donors (Lipinski definition) is 3. The van der Waals surface area contributed by atoms with Crippen molar-refractivity contribution in [3.63, 3.8) is 0 Å². The van der Waals surface area contributed by atoms with Crippen molar-refractivity contribution in [1.29, 1.82) is 0 Å². The van der Waals surface area contributed by atoms with Gasteiger partial charge in [-0.15, -0.1) is 0 Å². The Morgan fingerprint density at radius 1 is 0.812 bits per heavy atom. The van der Waals surface area contributed by atoms with Crippen LogP contribution in [0.4, 0.5) is 0 Å². The van der Waals surface area contributed by atoms with Gasteiger partial charge in [0.2, 0.25) is 0 Å². The lowest BCUT2D eigenvalue weighted by molar-refractivity contribution is 0.309. The molecule has 4 aromatic carbocycles. The Morgan fingerprint density at radius 2 is 1.53 bits per heavy atom. The Labute approximate surface area is 189 Å². The molecule has 0 aliphatic rings. The van der Waals surface area contributed by atoms with Crippen LogP contribution in [0.5, 0.6) is 17.2 Å². The average Bonchev–Trinajstić information content (AvgIpc) is 2.78. The summed E-state index contributed by atoms with van der Waals surface area (Å²) in [5.74, 6) is 1.37. The molecule has 4 aromatic rings. The van der Waals surface area contributed by atoms with Crippen LogP contribution in [0.15, 0.2) is 78.9 Å². The zero-order valence-electron chi connectivity index (χ0n) is 18.5. The van der Waals surface area contributed by atoms with E-state index in [1.54, 1.807) is 24.3 Å². The molecule has 0 aromatic heterocycles. The summed E-state index contributed by atoms with van der Waals surface area (Å²) in [7, 11) is 0. The molecule has 4 rings (SSSR count). The highest BCUT2D eigenvalue weighted by molar-refractivity contribution is 5.93. The largest absolute Gasteiger partial charge is 0.508 e. The molecule has 0 spiro atoms. The van der Waals surface area contributed by atoms with Crippen LogP contribution >= 0.6 is 0 Å².